The summed E-state index contributed by atoms with van der Waals surface area (Å²) in [7, 11) is -3.58. The predicted octanol–water partition coefficient (Wildman–Crippen LogP) is 1.40. The molecule has 0 unspecified atom stereocenters. The van der Waals surface area contributed by atoms with Crippen LogP contribution in [0.4, 0.5) is 0 Å². The van der Waals surface area contributed by atoms with Crippen molar-refractivity contribution >= 4 is 10.0 Å². The Morgan fingerprint density at radius 3 is 2.67 bits per heavy atom. The smallest absolute Gasteiger partial charge is 0.242 e. The van der Waals surface area contributed by atoms with Crippen molar-refractivity contribution in [2.75, 3.05) is 0 Å². The quantitative estimate of drug-likeness (QED) is 0.819. The molecule has 0 saturated carbocycles. The fourth-order valence-corrected chi connectivity index (χ4v) is 3.56. The highest BCUT2D eigenvalue weighted by atomic mass is 32.2. The molecule has 1 rings (SSSR count). The lowest BCUT2D eigenvalue weighted by Crippen LogP contribution is -2.43. The zero-order valence-corrected chi connectivity index (χ0v) is 11.9. The number of sulfonamides is 1. The minimum absolute atomic E-state index is 0.102. The summed E-state index contributed by atoms with van der Waals surface area (Å²) in [5, 5.41) is 0. The van der Waals surface area contributed by atoms with Gasteiger partial charge in [-0.1, -0.05) is 13.3 Å². The summed E-state index contributed by atoms with van der Waals surface area (Å²) in [6.45, 7) is 5.86. The van der Waals surface area contributed by atoms with Gasteiger partial charge in [-0.05, 0) is 32.4 Å². The Balaban J connectivity index is 3.07. The van der Waals surface area contributed by atoms with Crippen LogP contribution >= 0.6 is 0 Å². The van der Waals surface area contributed by atoms with E-state index in [1.165, 1.54) is 6.07 Å². The first kappa shape index (κ1) is 15.1. The van der Waals surface area contributed by atoms with Gasteiger partial charge in [-0.2, -0.15) is 0 Å². The second kappa shape index (κ2) is 5.77. The van der Waals surface area contributed by atoms with Crippen LogP contribution in [-0.4, -0.2) is 18.9 Å². The van der Waals surface area contributed by atoms with Gasteiger partial charge in [0.1, 0.15) is 4.90 Å². The van der Waals surface area contributed by atoms with Gasteiger partial charge in [0.15, 0.2) is 0 Å². The lowest BCUT2D eigenvalue weighted by molar-refractivity contribution is 0.417. The van der Waals surface area contributed by atoms with Crippen molar-refractivity contribution in [2.24, 2.45) is 5.73 Å². The lowest BCUT2D eigenvalue weighted by atomic mass is 10.0. The zero-order chi connectivity index (χ0) is 13.8. The first-order valence-corrected chi connectivity index (χ1v) is 7.48. The molecule has 0 atom stereocenters. The van der Waals surface area contributed by atoms with Crippen LogP contribution in [0.5, 0.6) is 0 Å². The number of nitrogens with one attached hydrogen (secondary N) is 1. The van der Waals surface area contributed by atoms with Crippen LogP contribution < -0.4 is 10.5 Å². The van der Waals surface area contributed by atoms with Crippen LogP contribution in [0.25, 0.3) is 0 Å². The SMILES string of the molecule is CCCC(C)(C)NS(=O)(=O)c1cccnc1CN. The molecule has 1 aromatic rings. The van der Waals surface area contributed by atoms with E-state index in [-0.39, 0.29) is 11.4 Å². The average molecular weight is 271 g/mol. The molecule has 0 aliphatic rings. The second-order valence-corrected chi connectivity index (χ2v) is 6.54. The zero-order valence-electron chi connectivity index (χ0n) is 11.1. The molecular weight excluding hydrogens is 250 g/mol. The van der Waals surface area contributed by atoms with Gasteiger partial charge in [0, 0.05) is 18.3 Å². The van der Waals surface area contributed by atoms with E-state index < -0.39 is 15.6 Å². The summed E-state index contributed by atoms with van der Waals surface area (Å²) in [4.78, 5) is 4.16. The Kier molecular flexibility index (Phi) is 4.84. The number of aromatic nitrogens is 1. The average Bonchev–Trinajstić information content (AvgIpc) is 2.27. The van der Waals surface area contributed by atoms with Crippen molar-refractivity contribution in [1.29, 1.82) is 0 Å². The number of hydrogen-bond donors (Lipinski definition) is 2. The summed E-state index contributed by atoms with van der Waals surface area (Å²) in [6.07, 6.45) is 3.22. The van der Waals surface area contributed by atoms with E-state index in [0.717, 1.165) is 12.8 Å². The number of nitrogens with zero attached hydrogens (tertiary/aromatic N) is 1. The lowest BCUT2D eigenvalue weighted by Gasteiger charge is -2.25. The molecule has 102 valence electrons. The van der Waals surface area contributed by atoms with Crippen LogP contribution in [0.15, 0.2) is 23.2 Å². The Morgan fingerprint density at radius 2 is 2.11 bits per heavy atom. The molecule has 0 fully saturated rings. The van der Waals surface area contributed by atoms with Gasteiger partial charge in [-0.15, -0.1) is 0 Å². The van der Waals surface area contributed by atoms with Crippen molar-refractivity contribution in [3.63, 3.8) is 0 Å². The molecule has 5 nitrogen and oxygen atoms in total. The Labute approximate surface area is 109 Å². The molecule has 0 aromatic carbocycles. The van der Waals surface area contributed by atoms with Gasteiger partial charge < -0.3 is 5.73 Å². The van der Waals surface area contributed by atoms with Crippen LogP contribution in [0.1, 0.15) is 39.3 Å². The van der Waals surface area contributed by atoms with Crippen LogP contribution in [-0.2, 0) is 16.6 Å². The maximum absolute atomic E-state index is 12.3. The third kappa shape index (κ3) is 3.76. The Morgan fingerprint density at radius 1 is 1.44 bits per heavy atom. The first-order chi connectivity index (χ1) is 8.32. The number of pyridine rings is 1. The third-order valence-electron chi connectivity index (χ3n) is 2.62. The van der Waals surface area contributed by atoms with Crippen LogP contribution in [0.3, 0.4) is 0 Å². The van der Waals surface area contributed by atoms with Gasteiger partial charge >= 0.3 is 0 Å². The van der Waals surface area contributed by atoms with Crippen molar-refractivity contribution in [2.45, 2.75) is 50.6 Å². The molecule has 1 heterocycles. The van der Waals surface area contributed by atoms with Gasteiger partial charge in [0.05, 0.1) is 5.69 Å². The van der Waals surface area contributed by atoms with Gasteiger partial charge in [-0.25, -0.2) is 13.1 Å². The summed E-state index contributed by atoms with van der Waals surface area (Å²) < 4.78 is 27.3. The normalized spacial score (nSPS) is 12.7. The van der Waals surface area contributed by atoms with Crippen LogP contribution in [0.2, 0.25) is 0 Å². The molecule has 0 spiro atoms. The largest absolute Gasteiger partial charge is 0.325 e. The van der Waals surface area contributed by atoms with E-state index in [9.17, 15) is 8.42 Å². The molecule has 0 aliphatic heterocycles. The van der Waals surface area contributed by atoms with E-state index in [2.05, 4.69) is 9.71 Å². The topological polar surface area (TPSA) is 85.1 Å². The first-order valence-electron chi connectivity index (χ1n) is 6.00. The fraction of sp³-hybridized carbons (Fsp3) is 0.583. The number of hydrogen-bond acceptors (Lipinski definition) is 4. The van der Waals surface area contributed by atoms with E-state index in [1.54, 1.807) is 12.3 Å². The highest BCUT2D eigenvalue weighted by Crippen LogP contribution is 2.18. The van der Waals surface area contributed by atoms with Gasteiger partial charge in [-0.3, -0.25) is 4.98 Å². The van der Waals surface area contributed by atoms with Crippen molar-refractivity contribution < 1.29 is 8.42 Å². The molecule has 0 amide bonds. The molecule has 1 aromatic heterocycles. The fourth-order valence-electron chi connectivity index (χ4n) is 1.92. The Bertz CT molecular complexity index is 498. The van der Waals surface area contributed by atoms with Gasteiger partial charge in [0.25, 0.3) is 0 Å². The molecule has 0 radical (unpaired) electrons. The van der Waals surface area contributed by atoms with E-state index in [0.29, 0.717) is 5.69 Å². The molecule has 0 saturated heterocycles. The molecular formula is C12H21N3O2S. The maximum Gasteiger partial charge on any atom is 0.242 e. The standard InChI is InChI=1S/C12H21N3O2S/c1-4-7-12(2,3)15-18(16,17)11-6-5-8-14-10(11)9-13/h5-6,8,15H,4,7,9,13H2,1-3H3. The number of rotatable bonds is 6. The van der Waals surface area contributed by atoms with E-state index in [4.69, 9.17) is 5.73 Å². The Hall–Kier alpha value is -0.980. The van der Waals surface area contributed by atoms with Crippen LogP contribution in [0, 0.1) is 0 Å². The summed E-state index contributed by atoms with van der Waals surface area (Å²) >= 11 is 0. The molecule has 3 N–H and O–H groups in total. The monoisotopic (exact) mass is 271 g/mol. The van der Waals surface area contributed by atoms with E-state index >= 15 is 0 Å². The van der Waals surface area contributed by atoms with Crippen molar-refractivity contribution in [3.8, 4) is 0 Å². The summed E-state index contributed by atoms with van der Waals surface area (Å²) in [6, 6.07) is 3.13. The molecule has 6 heteroatoms. The minimum Gasteiger partial charge on any atom is -0.325 e. The summed E-state index contributed by atoms with van der Waals surface area (Å²) in [5.74, 6) is 0. The summed E-state index contributed by atoms with van der Waals surface area (Å²) in [5.41, 5.74) is 5.42. The molecule has 18 heavy (non-hydrogen) atoms. The highest BCUT2D eigenvalue weighted by molar-refractivity contribution is 7.89. The van der Waals surface area contributed by atoms with E-state index in [1.807, 2.05) is 20.8 Å². The number of nitrogens with two attached hydrogens (primary N) is 1. The van der Waals surface area contributed by atoms with Crippen molar-refractivity contribution in [1.82, 2.24) is 9.71 Å². The third-order valence-corrected chi connectivity index (χ3v) is 4.39. The maximum atomic E-state index is 12.3. The minimum atomic E-state index is -3.58. The van der Waals surface area contributed by atoms with Crippen molar-refractivity contribution in [3.05, 3.63) is 24.0 Å². The molecule has 0 bridgehead atoms. The van der Waals surface area contributed by atoms with Gasteiger partial charge in [0.2, 0.25) is 10.0 Å². The second-order valence-electron chi connectivity index (χ2n) is 4.89. The predicted molar refractivity (Wildman–Crippen MR) is 71.4 cm³/mol. The highest BCUT2D eigenvalue weighted by Gasteiger charge is 2.27. The molecule has 0 aliphatic carbocycles.